The minimum absolute atomic E-state index is 0.00235. The van der Waals surface area contributed by atoms with E-state index in [1.165, 1.54) is 0 Å². The smallest absolute Gasteiger partial charge is 0.222 e. The Morgan fingerprint density at radius 2 is 2.08 bits per heavy atom. The fourth-order valence-corrected chi connectivity index (χ4v) is 0.703. The Bertz CT molecular complexity index is 136. The molecule has 72 valence electrons. The van der Waals surface area contributed by atoms with Crippen LogP contribution in [0, 0.1) is 5.92 Å². The van der Waals surface area contributed by atoms with Gasteiger partial charge in [-0.3, -0.25) is 4.79 Å². The number of nitrogens with one attached hydrogen (secondary N) is 1. The Morgan fingerprint density at radius 1 is 1.50 bits per heavy atom. The molecule has 0 heterocycles. The monoisotopic (exact) mass is 173 g/mol. The highest BCUT2D eigenvalue weighted by Crippen LogP contribution is 1.91. The van der Waals surface area contributed by atoms with E-state index < -0.39 is 0 Å². The fraction of sp³-hybridized carbons (Fsp3) is 0.875. The van der Waals surface area contributed by atoms with E-state index >= 15 is 0 Å². The molecule has 0 spiro atoms. The van der Waals surface area contributed by atoms with Gasteiger partial charge in [-0.25, -0.2) is 0 Å². The number of nitrogens with two attached hydrogens (primary N) is 2. The summed E-state index contributed by atoms with van der Waals surface area (Å²) >= 11 is 0. The molecular weight excluding hydrogens is 154 g/mol. The highest BCUT2D eigenvalue weighted by molar-refractivity contribution is 5.77. The molecule has 0 aliphatic heterocycles. The molecule has 1 unspecified atom stereocenters. The first-order chi connectivity index (χ1) is 5.57. The maximum atomic E-state index is 11.0. The number of amides is 1. The van der Waals surface area contributed by atoms with E-state index in [1.54, 1.807) is 0 Å². The summed E-state index contributed by atoms with van der Waals surface area (Å²) in [6.45, 7) is 4.81. The first kappa shape index (κ1) is 11.4. The van der Waals surface area contributed by atoms with Gasteiger partial charge in [0.15, 0.2) is 0 Å². The van der Waals surface area contributed by atoms with Crippen LogP contribution in [0.4, 0.5) is 0 Å². The number of carbonyl (C=O) groups is 1. The molecule has 0 aromatic rings. The minimum Gasteiger partial charge on any atom is -0.356 e. The van der Waals surface area contributed by atoms with Gasteiger partial charge in [-0.2, -0.15) is 0 Å². The first-order valence-electron chi connectivity index (χ1n) is 4.31. The van der Waals surface area contributed by atoms with E-state index in [0.717, 1.165) is 6.42 Å². The maximum Gasteiger partial charge on any atom is 0.222 e. The molecular formula is C8H19N3O. The van der Waals surface area contributed by atoms with E-state index in [4.69, 9.17) is 11.5 Å². The second-order valence-corrected chi connectivity index (χ2v) is 3.23. The zero-order valence-electron chi connectivity index (χ0n) is 7.84. The first-order valence-corrected chi connectivity index (χ1v) is 4.31. The highest BCUT2D eigenvalue weighted by Gasteiger charge is 2.06. The predicted molar refractivity (Wildman–Crippen MR) is 49.5 cm³/mol. The van der Waals surface area contributed by atoms with Crippen LogP contribution in [-0.2, 0) is 4.79 Å². The van der Waals surface area contributed by atoms with Crippen LogP contribution in [0.15, 0.2) is 0 Å². The van der Waals surface area contributed by atoms with Gasteiger partial charge in [0, 0.05) is 25.0 Å². The number of rotatable bonds is 5. The third-order valence-corrected chi connectivity index (χ3v) is 1.64. The molecule has 0 rings (SSSR count). The average molecular weight is 173 g/mol. The van der Waals surface area contributed by atoms with Gasteiger partial charge < -0.3 is 16.8 Å². The largest absolute Gasteiger partial charge is 0.356 e. The third kappa shape index (κ3) is 5.09. The van der Waals surface area contributed by atoms with Gasteiger partial charge in [0.2, 0.25) is 5.91 Å². The van der Waals surface area contributed by atoms with Crippen molar-refractivity contribution >= 4 is 5.91 Å². The van der Waals surface area contributed by atoms with E-state index in [2.05, 4.69) is 5.32 Å². The number of carbonyl (C=O) groups excluding carboxylic acids is 1. The summed E-state index contributed by atoms with van der Waals surface area (Å²) in [4.78, 5) is 11.0. The Hall–Kier alpha value is -0.610. The zero-order chi connectivity index (χ0) is 9.56. The lowest BCUT2D eigenvalue weighted by Gasteiger charge is -2.10. The van der Waals surface area contributed by atoms with Gasteiger partial charge in [0.1, 0.15) is 0 Å². The van der Waals surface area contributed by atoms with Gasteiger partial charge in [0.25, 0.3) is 0 Å². The normalized spacial score (nSPS) is 13.1. The van der Waals surface area contributed by atoms with Gasteiger partial charge in [0.05, 0.1) is 0 Å². The van der Waals surface area contributed by atoms with Crippen LogP contribution in [0.5, 0.6) is 0 Å². The summed E-state index contributed by atoms with van der Waals surface area (Å²) in [6, 6.07) is -0.00235. The third-order valence-electron chi connectivity index (χ3n) is 1.64. The maximum absolute atomic E-state index is 11.0. The molecule has 0 saturated heterocycles. The second kappa shape index (κ2) is 5.97. The van der Waals surface area contributed by atoms with E-state index in [1.807, 2.05) is 13.8 Å². The Morgan fingerprint density at radius 3 is 2.50 bits per heavy atom. The van der Waals surface area contributed by atoms with Crippen molar-refractivity contribution in [1.82, 2.24) is 5.32 Å². The van der Waals surface area contributed by atoms with Crippen molar-refractivity contribution in [2.24, 2.45) is 17.4 Å². The van der Waals surface area contributed by atoms with Gasteiger partial charge in [-0.1, -0.05) is 13.8 Å². The standard InChI is InChI=1S/C8H19N3O/c1-6(2)8(12)11-4-3-7(10)5-9/h6-7H,3-5,9-10H2,1-2H3,(H,11,12). The van der Waals surface area contributed by atoms with E-state index in [9.17, 15) is 4.79 Å². The Kier molecular flexibility index (Phi) is 5.66. The summed E-state index contributed by atoms with van der Waals surface area (Å²) in [5.74, 6) is 0.110. The molecule has 0 saturated carbocycles. The molecule has 0 aliphatic rings. The molecule has 0 bridgehead atoms. The molecule has 4 heteroatoms. The van der Waals surface area contributed by atoms with Crippen molar-refractivity contribution < 1.29 is 4.79 Å². The molecule has 5 N–H and O–H groups in total. The van der Waals surface area contributed by atoms with Crippen LogP contribution in [0.2, 0.25) is 0 Å². The summed E-state index contributed by atoms with van der Waals surface area (Å²) in [5, 5.41) is 2.77. The molecule has 0 aliphatic carbocycles. The van der Waals surface area contributed by atoms with Gasteiger partial charge in [-0.05, 0) is 6.42 Å². The van der Waals surface area contributed by atoms with Gasteiger partial charge in [-0.15, -0.1) is 0 Å². The Balaban J connectivity index is 3.37. The average Bonchev–Trinajstić information content (AvgIpc) is 2.03. The van der Waals surface area contributed by atoms with Crippen LogP contribution < -0.4 is 16.8 Å². The van der Waals surface area contributed by atoms with Gasteiger partial charge >= 0.3 is 0 Å². The second-order valence-electron chi connectivity index (χ2n) is 3.23. The Labute approximate surface area is 73.7 Å². The highest BCUT2D eigenvalue weighted by atomic mass is 16.1. The van der Waals surface area contributed by atoms with Crippen molar-refractivity contribution in [3.8, 4) is 0 Å². The topological polar surface area (TPSA) is 81.1 Å². The van der Waals surface area contributed by atoms with Crippen molar-refractivity contribution in [2.75, 3.05) is 13.1 Å². The quantitative estimate of drug-likeness (QED) is 0.521. The molecule has 0 aromatic heterocycles. The minimum atomic E-state index is -0.00235. The SMILES string of the molecule is CC(C)C(=O)NCCC(N)CN. The summed E-state index contributed by atoms with van der Waals surface area (Å²) < 4.78 is 0. The summed E-state index contributed by atoms with van der Waals surface area (Å²) in [6.07, 6.45) is 0.745. The number of hydrogen-bond donors (Lipinski definition) is 3. The van der Waals surface area contributed by atoms with Crippen molar-refractivity contribution in [3.63, 3.8) is 0 Å². The zero-order valence-corrected chi connectivity index (χ0v) is 7.84. The van der Waals surface area contributed by atoms with Crippen LogP contribution in [-0.4, -0.2) is 25.0 Å². The summed E-state index contributed by atoms with van der Waals surface area (Å²) in [5.41, 5.74) is 10.9. The molecule has 12 heavy (non-hydrogen) atoms. The van der Waals surface area contributed by atoms with E-state index in [-0.39, 0.29) is 17.9 Å². The van der Waals surface area contributed by atoms with Crippen molar-refractivity contribution in [3.05, 3.63) is 0 Å². The number of hydrogen-bond acceptors (Lipinski definition) is 3. The molecule has 4 nitrogen and oxygen atoms in total. The van der Waals surface area contributed by atoms with Crippen LogP contribution in [0.1, 0.15) is 20.3 Å². The predicted octanol–water partition coefficient (Wildman–Crippen LogP) is -0.565. The molecule has 1 amide bonds. The molecule has 0 radical (unpaired) electrons. The lowest BCUT2D eigenvalue weighted by atomic mass is 10.2. The summed E-state index contributed by atoms with van der Waals surface area (Å²) in [7, 11) is 0. The van der Waals surface area contributed by atoms with E-state index in [0.29, 0.717) is 13.1 Å². The lowest BCUT2D eigenvalue weighted by Crippen LogP contribution is -2.36. The van der Waals surface area contributed by atoms with Crippen molar-refractivity contribution in [1.29, 1.82) is 0 Å². The fourth-order valence-electron chi connectivity index (χ4n) is 0.703. The van der Waals surface area contributed by atoms with Crippen LogP contribution in [0.3, 0.4) is 0 Å². The lowest BCUT2D eigenvalue weighted by molar-refractivity contribution is -0.123. The van der Waals surface area contributed by atoms with Crippen molar-refractivity contribution in [2.45, 2.75) is 26.3 Å². The molecule has 1 atom stereocenters. The molecule has 0 fully saturated rings. The van der Waals surface area contributed by atoms with Crippen LogP contribution >= 0.6 is 0 Å². The van der Waals surface area contributed by atoms with Crippen LogP contribution in [0.25, 0.3) is 0 Å². The molecule has 0 aromatic carbocycles.